The normalized spacial score (nSPS) is 13.1. The van der Waals surface area contributed by atoms with Crippen LogP contribution in [-0.2, 0) is 0 Å². The lowest BCUT2D eigenvalue weighted by atomic mass is 10.1. The molecule has 1 aromatic rings. The van der Waals surface area contributed by atoms with Gasteiger partial charge in [0.15, 0.2) is 0 Å². The molecule has 0 amide bonds. The first-order valence-corrected chi connectivity index (χ1v) is 6.75. The van der Waals surface area contributed by atoms with E-state index in [0.717, 1.165) is 13.1 Å². The van der Waals surface area contributed by atoms with Crippen LogP contribution in [0.5, 0.6) is 0 Å². The van der Waals surface area contributed by atoms with E-state index in [1.165, 1.54) is 0 Å². The summed E-state index contributed by atoms with van der Waals surface area (Å²) in [4.78, 5) is 4.51. The van der Waals surface area contributed by atoms with Gasteiger partial charge in [-0.25, -0.2) is 5.84 Å². The first-order valence-electron chi connectivity index (χ1n) is 4.35. The number of thiophene rings is 1. The molecule has 6 heteroatoms. The highest BCUT2D eigenvalue weighted by atomic mass is 79.9. The number of nitrogens with zero attached hydrogens (tertiary/aromatic N) is 1. The van der Waals surface area contributed by atoms with Gasteiger partial charge in [-0.1, -0.05) is 0 Å². The van der Waals surface area contributed by atoms with Gasteiger partial charge in [-0.2, -0.15) is 0 Å². The van der Waals surface area contributed by atoms with E-state index < -0.39 is 0 Å². The second kappa shape index (κ2) is 4.95. The number of hydrogen-bond acceptors (Lipinski definition) is 3. The molecule has 3 N–H and O–H groups in total. The third-order valence-electron chi connectivity index (χ3n) is 1.50. The molecule has 0 atom stereocenters. The second-order valence-electron chi connectivity index (χ2n) is 4.01. The summed E-state index contributed by atoms with van der Waals surface area (Å²) in [6, 6.07) is 1.99. The van der Waals surface area contributed by atoms with Gasteiger partial charge in [0.25, 0.3) is 0 Å². The van der Waals surface area contributed by atoms with Gasteiger partial charge in [-0.15, -0.1) is 11.3 Å². The van der Waals surface area contributed by atoms with E-state index >= 15 is 0 Å². The van der Waals surface area contributed by atoms with Crippen molar-refractivity contribution in [1.29, 1.82) is 0 Å². The van der Waals surface area contributed by atoms with Gasteiger partial charge < -0.3 is 5.43 Å². The maximum absolute atomic E-state index is 5.48. The van der Waals surface area contributed by atoms with Crippen molar-refractivity contribution in [2.75, 3.05) is 0 Å². The molecule has 0 unspecified atom stereocenters. The van der Waals surface area contributed by atoms with Gasteiger partial charge in [0, 0.05) is 5.56 Å². The molecule has 1 aromatic heterocycles. The quantitative estimate of drug-likeness (QED) is 0.352. The molecule has 1 rings (SSSR count). The van der Waals surface area contributed by atoms with Gasteiger partial charge >= 0.3 is 0 Å². The standard InChI is InChI=1S/C9H13Br2N3S/c1-9(2,3)13-8(14-12)5-4-6(10)15-7(5)11/h4H,12H2,1-3H3,(H,13,14). The van der Waals surface area contributed by atoms with E-state index in [9.17, 15) is 0 Å². The summed E-state index contributed by atoms with van der Waals surface area (Å²) in [5.41, 5.74) is 3.45. The largest absolute Gasteiger partial charge is 0.308 e. The smallest absolute Gasteiger partial charge is 0.145 e. The number of hydrogen-bond donors (Lipinski definition) is 2. The van der Waals surface area contributed by atoms with Crippen molar-refractivity contribution in [3.05, 3.63) is 19.2 Å². The fourth-order valence-corrected chi connectivity index (χ4v) is 3.81. The topological polar surface area (TPSA) is 50.4 Å². The summed E-state index contributed by atoms with van der Waals surface area (Å²) in [7, 11) is 0. The highest BCUT2D eigenvalue weighted by molar-refractivity contribution is 9.12. The van der Waals surface area contributed by atoms with Crippen molar-refractivity contribution in [2.24, 2.45) is 10.8 Å². The Balaban J connectivity index is 3.13. The fraction of sp³-hybridized carbons (Fsp3) is 0.444. The van der Waals surface area contributed by atoms with Crippen LogP contribution in [0.25, 0.3) is 0 Å². The van der Waals surface area contributed by atoms with Crippen LogP contribution in [0.4, 0.5) is 0 Å². The van der Waals surface area contributed by atoms with Crippen molar-refractivity contribution in [3.8, 4) is 0 Å². The molecule has 0 aliphatic carbocycles. The van der Waals surface area contributed by atoms with Crippen molar-refractivity contribution in [1.82, 2.24) is 5.43 Å². The number of amidine groups is 1. The minimum Gasteiger partial charge on any atom is -0.308 e. The van der Waals surface area contributed by atoms with Gasteiger partial charge in [0.1, 0.15) is 5.84 Å². The van der Waals surface area contributed by atoms with Crippen LogP contribution in [0.1, 0.15) is 26.3 Å². The monoisotopic (exact) mass is 353 g/mol. The highest BCUT2D eigenvalue weighted by Crippen LogP contribution is 2.32. The fourth-order valence-electron chi connectivity index (χ4n) is 1.01. The maximum atomic E-state index is 5.48. The molecule has 0 saturated carbocycles. The van der Waals surface area contributed by atoms with Gasteiger partial charge in [-0.05, 0) is 58.7 Å². The summed E-state index contributed by atoms with van der Waals surface area (Å²) in [5, 5.41) is 0. The molecule has 0 aliphatic heterocycles. The van der Waals surface area contributed by atoms with E-state index in [2.05, 4.69) is 42.3 Å². The molecule has 3 nitrogen and oxygen atoms in total. The van der Waals surface area contributed by atoms with Crippen molar-refractivity contribution in [2.45, 2.75) is 26.3 Å². The predicted octanol–water partition coefficient (Wildman–Crippen LogP) is 3.28. The summed E-state index contributed by atoms with van der Waals surface area (Å²) < 4.78 is 2.05. The Kier molecular flexibility index (Phi) is 4.34. The second-order valence-corrected chi connectivity index (χ2v) is 7.76. The Bertz CT molecular complexity index is 379. The highest BCUT2D eigenvalue weighted by Gasteiger charge is 2.15. The maximum Gasteiger partial charge on any atom is 0.145 e. The zero-order valence-corrected chi connectivity index (χ0v) is 12.8. The number of nitrogens with one attached hydrogen (secondary N) is 1. The lowest BCUT2D eigenvalue weighted by Gasteiger charge is -2.15. The van der Waals surface area contributed by atoms with Crippen LogP contribution in [0.3, 0.4) is 0 Å². The van der Waals surface area contributed by atoms with Crippen molar-refractivity contribution < 1.29 is 0 Å². The lowest BCUT2D eigenvalue weighted by Crippen LogP contribution is -2.33. The molecular weight excluding hydrogens is 342 g/mol. The third kappa shape index (κ3) is 3.86. The Morgan fingerprint density at radius 3 is 2.40 bits per heavy atom. The van der Waals surface area contributed by atoms with Crippen LogP contribution in [0.15, 0.2) is 18.6 Å². The Labute approximate surface area is 110 Å². The molecule has 0 aliphatic rings. The molecular formula is C9H13Br2N3S. The van der Waals surface area contributed by atoms with Crippen LogP contribution < -0.4 is 11.3 Å². The predicted molar refractivity (Wildman–Crippen MR) is 73.3 cm³/mol. The Morgan fingerprint density at radius 2 is 2.07 bits per heavy atom. The first kappa shape index (κ1) is 13.2. The molecule has 84 valence electrons. The SMILES string of the molecule is CC(C)(C)N=C(NN)c1cc(Br)sc1Br. The average Bonchev–Trinajstić information content (AvgIpc) is 2.39. The van der Waals surface area contributed by atoms with E-state index in [0.29, 0.717) is 5.84 Å². The number of rotatable bonds is 1. The average molecular weight is 355 g/mol. The molecule has 0 saturated heterocycles. The first-order chi connectivity index (χ1) is 6.83. The molecule has 0 bridgehead atoms. The van der Waals surface area contributed by atoms with E-state index in [1.807, 2.05) is 26.8 Å². The molecule has 0 spiro atoms. The summed E-state index contributed by atoms with van der Waals surface area (Å²) in [6.45, 7) is 6.08. The van der Waals surface area contributed by atoms with Crippen LogP contribution >= 0.6 is 43.2 Å². The Morgan fingerprint density at radius 1 is 1.47 bits per heavy atom. The molecule has 1 heterocycles. The summed E-state index contributed by atoms with van der Waals surface area (Å²) in [6.07, 6.45) is 0. The number of hydrazine groups is 1. The molecule has 15 heavy (non-hydrogen) atoms. The van der Waals surface area contributed by atoms with Crippen molar-refractivity contribution >= 4 is 49.0 Å². The van der Waals surface area contributed by atoms with Gasteiger partial charge in [0.2, 0.25) is 0 Å². The van der Waals surface area contributed by atoms with E-state index in [-0.39, 0.29) is 5.54 Å². The van der Waals surface area contributed by atoms with Crippen LogP contribution in [0.2, 0.25) is 0 Å². The van der Waals surface area contributed by atoms with Crippen molar-refractivity contribution in [3.63, 3.8) is 0 Å². The molecule has 0 fully saturated rings. The van der Waals surface area contributed by atoms with E-state index in [4.69, 9.17) is 5.84 Å². The number of halogens is 2. The summed E-state index contributed by atoms with van der Waals surface area (Å²) in [5.74, 6) is 6.17. The van der Waals surface area contributed by atoms with Crippen LogP contribution in [-0.4, -0.2) is 11.4 Å². The summed E-state index contributed by atoms with van der Waals surface area (Å²) >= 11 is 8.50. The molecule has 0 aromatic carbocycles. The number of nitrogens with two attached hydrogens (primary N) is 1. The zero-order valence-electron chi connectivity index (χ0n) is 8.77. The van der Waals surface area contributed by atoms with Crippen LogP contribution in [0, 0.1) is 0 Å². The third-order valence-corrected chi connectivity index (χ3v) is 3.84. The minimum absolute atomic E-state index is 0.157. The van der Waals surface area contributed by atoms with Gasteiger partial charge in [0.05, 0.1) is 13.1 Å². The van der Waals surface area contributed by atoms with Gasteiger partial charge in [-0.3, -0.25) is 4.99 Å². The van der Waals surface area contributed by atoms with E-state index in [1.54, 1.807) is 11.3 Å². The Hall–Kier alpha value is 0.0900. The molecule has 0 radical (unpaired) electrons. The zero-order chi connectivity index (χ0) is 11.6. The lowest BCUT2D eigenvalue weighted by molar-refractivity contribution is 0.580. The minimum atomic E-state index is -0.157. The number of aliphatic imine (C=N–C) groups is 1.